The summed E-state index contributed by atoms with van der Waals surface area (Å²) in [7, 11) is 0. The Balaban J connectivity index is 1.86. The quantitative estimate of drug-likeness (QED) is 0.758. The number of hydrogen-bond acceptors (Lipinski definition) is 2. The van der Waals surface area contributed by atoms with Crippen LogP contribution >= 0.6 is 0 Å². The zero-order chi connectivity index (χ0) is 11.5. The molecule has 1 aliphatic heterocycles. The van der Waals surface area contributed by atoms with Crippen LogP contribution in [0.2, 0.25) is 0 Å². The van der Waals surface area contributed by atoms with Crippen LogP contribution in [-0.2, 0) is 0 Å². The van der Waals surface area contributed by atoms with Crippen LogP contribution in [0.1, 0.15) is 39.5 Å². The van der Waals surface area contributed by atoms with Crippen molar-refractivity contribution in [2.24, 2.45) is 0 Å². The molecule has 1 unspecified atom stereocenters. The van der Waals surface area contributed by atoms with Crippen LogP contribution in [0.3, 0.4) is 0 Å². The third kappa shape index (κ3) is 3.11. The molecule has 0 spiro atoms. The molecule has 1 heterocycles. The monoisotopic (exact) mass is 225 g/mol. The Morgan fingerprint density at radius 3 is 2.69 bits per heavy atom. The molecule has 1 saturated heterocycles. The van der Waals surface area contributed by atoms with Crippen molar-refractivity contribution >= 4 is 6.03 Å². The number of amides is 2. The van der Waals surface area contributed by atoms with Crippen molar-refractivity contribution in [1.29, 1.82) is 0 Å². The fourth-order valence-electron chi connectivity index (χ4n) is 2.26. The molecule has 2 aliphatic rings. The van der Waals surface area contributed by atoms with Gasteiger partial charge < -0.3 is 15.5 Å². The van der Waals surface area contributed by atoms with Gasteiger partial charge in [0.15, 0.2) is 0 Å². The number of hydrogen-bond donors (Lipinski definition) is 2. The Bertz CT molecular complexity index is 245. The number of urea groups is 1. The van der Waals surface area contributed by atoms with E-state index in [-0.39, 0.29) is 12.1 Å². The highest BCUT2D eigenvalue weighted by atomic mass is 16.2. The van der Waals surface area contributed by atoms with Crippen molar-refractivity contribution < 1.29 is 4.79 Å². The van der Waals surface area contributed by atoms with Gasteiger partial charge in [-0.05, 0) is 46.1 Å². The van der Waals surface area contributed by atoms with E-state index in [1.54, 1.807) is 0 Å². The van der Waals surface area contributed by atoms with E-state index in [9.17, 15) is 4.79 Å². The molecular formula is C12H23N3O. The lowest BCUT2D eigenvalue weighted by Gasteiger charge is -2.27. The smallest absolute Gasteiger partial charge is 0.317 e. The van der Waals surface area contributed by atoms with Crippen LogP contribution in [0.15, 0.2) is 0 Å². The van der Waals surface area contributed by atoms with Gasteiger partial charge in [-0.3, -0.25) is 0 Å². The highest BCUT2D eigenvalue weighted by Gasteiger charge is 2.34. The van der Waals surface area contributed by atoms with Crippen LogP contribution < -0.4 is 10.6 Å². The lowest BCUT2D eigenvalue weighted by atomic mass is 10.2. The fourth-order valence-corrected chi connectivity index (χ4v) is 2.26. The minimum absolute atomic E-state index is 0.117. The van der Waals surface area contributed by atoms with Gasteiger partial charge in [0.05, 0.1) is 0 Å². The van der Waals surface area contributed by atoms with E-state index in [4.69, 9.17) is 0 Å². The number of carbonyl (C=O) groups excluding carboxylic acids is 1. The van der Waals surface area contributed by atoms with Gasteiger partial charge >= 0.3 is 6.03 Å². The molecule has 0 aromatic carbocycles. The Labute approximate surface area is 97.8 Å². The van der Waals surface area contributed by atoms with Crippen molar-refractivity contribution in [3.05, 3.63) is 0 Å². The van der Waals surface area contributed by atoms with Gasteiger partial charge in [0, 0.05) is 24.7 Å². The normalized spacial score (nSPS) is 24.8. The molecule has 4 nitrogen and oxygen atoms in total. The lowest BCUT2D eigenvalue weighted by molar-refractivity contribution is 0.186. The number of rotatable bonds is 4. The van der Waals surface area contributed by atoms with Crippen molar-refractivity contribution in [3.8, 4) is 0 Å². The summed E-state index contributed by atoms with van der Waals surface area (Å²) in [6.07, 6.45) is 4.81. The summed E-state index contributed by atoms with van der Waals surface area (Å²) in [4.78, 5) is 14.0. The predicted octanol–water partition coefficient (Wildman–Crippen LogP) is 1.32. The Kier molecular flexibility index (Phi) is 3.69. The average Bonchev–Trinajstić information content (AvgIpc) is 2.91. The summed E-state index contributed by atoms with van der Waals surface area (Å²) in [6, 6.07) is 1.36. The summed E-state index contributed by atoms with van der Waals surface area (Å²) in [5.41, 5.74) is 0. The van der Waals surface area contributed by atoms with E-state index in [2.05, 4.69) is 10.6 Å². The first-order valence-electron chi connectivity index (χ1n) is 6.47. The summed E-state index contributed by atoms with van der Waals surface area (Å²) in [6.45, 7) is 6.01. The maximum Gasteiger partial charge on any atom is 0.317 e. The Morgan fingerprint density at radius 2 is 2.19 bits per heavy atom. The van der Waals surface area contributed by atoms with Gasteiger partial charge in [0.2, 0.25) is 0 Å². The lowest BCUT2D eigenvalue weighted by Crippen LogP contribution is -2.48. The van der Waals surface area contributed by atoms with Gasteiger partial charge in [-0.2, -0.15) is 0 Å². The van der Waals surface area contributed by atoms with E-state index in [1.165, 1.54) is 25.7 Å². The standard InChI is InChI=1S/C12H23N3O/c1-9(2)14-12(16)15(11-5-6-11)8-10-4-3-7-13-10/h9-11,13H,3-8H2,1-2H3,(H,14,16). The highest BCUT2D eigenvalue weighted by molar-refractivity contribution is 5.75. The Morgan fingerprint density at radius 1 is 1.44 bits per heavy atom. The topological polar surface area (TPSA) is 44.4 Å². The summed E-state index contributed by atoms with van der Waals surface area (Å²) >= 11 is 0. The second kappa shape index (κ2) is 5.04. The molecule has 92 valence electrons. The van der Waals surface area contributed by atoms with Crippen LogP contribution in [0.5, 0.6) is 0 Å². The van der Waals surface area contributed by atoms with Gasteiger partial charge in [0.1, 0.15) is 0 Å². The molecule has 16 heavy (non-hydrogen) atoms. The first-order chi connectivity index (χ1) is 7.66. The van der Waals surface area contributed by atoms with Gasteiger partial charge in [-0.25, -0.2) is 4.79 Å². The van der Waals surface area contributed by atoms with Crippen molar-refractivity contribution in [3.63, 3.8) is 0 Å². The number of nitrogens with one attached hydrogen (secondary N) is 2. The minimum atomic E-state index is 0.117. The summed E-state index contributed by atoms with van der Waals surface area (Å²) < 4.78 is 0. The molecule has 1 aliphatic carbocycles. The van der Waals surface area contributed by atoms with Crippen molar-refractivity contribution in [1.82, 2.24) is 15.5 Å². The largest absolute Gasteiger partial charge is 0.336 e. The molecule has 1 saturated carbocycles. The minimum Gasteiger partial charge on any atom is -0.336 e. The first kappa shape index (κ1) is 11.7. The first-order valence-corrected chi connectivity index (χ1v) is 6.47. The van der Waals surface area contributed by atoms with E-state index < -0.39 is 0 Å². The van der Waals surface area contributed by atoms with Crippen LogP contribution in [0.25, 0.3) is 0 Å². The van der Waals surface area contributed by atoms with Crippen molar-refractivity contribution in [2.75, 3.05) is 13.1 Å². The second-order valence-electron chi connectivity index (χ2n) is 5.28. The molecule has 4 heteroatoms. The van der Waals surface area contributed by atoms with E-state index >= 15 is 0 Å². The third-order valence-electron chi connectivity index (χ3n) is 3.24. The molecule has 0 aromatic rings. The summed E-state index contributed by atoms with van der Waals surface area (Å²) in [5, 5.41) is 6.45. The maximum absolute atomic E-state index is 12.0. The zero-order valence-corrected chi connectivity index (χ0v) is 10.3. The molecule has 0 aromatic heterocycles. The highest BCUT2D eigenvalue weighted by Crippen LogP contribution is 2.27. The van der Waals surface area contributed by atoms with Gasteiger partial charge in [-0.15, -0.1) is 0 Å². The second-order valence-corrected chi connectivity index (χ2v) is 5.28. The third-order valence-corrected chi connectivity index (χ3v) is 3.24. The molecule has 2 rings (SSSR count). The number of carbonyl (C=O) groups is 1. The SMILES string of the molecule is CC(C)NC(=O)N(CC1CCCN1)C1CC1. The van der Waals surface area contributed by atoms with Gasteiger partial charge in [0.25, 0.3) is 0 Å². The van der Waals surface area contributed by atoms with Crippen LogP contribution in [0, 0.1) is 0 Å². The molecule has 2 N–H and O–H groups in total. The van der Waals surface area contributed by atoms with Crippen LogP contribution in [0.4, 0.5) is 4.79 Å². The van der Waals surface area contributed by atoms with E-state index in [0.717, 1.165) is 13.1 Å². The molecule has 0 radical (unpaired) electrons. The predicted molar refractivity (Wildman–Crippen MR) is 64.4 cm³/mol. The maximum atomic E-state index is 12.0. The fraction of sp³-hybridized carbons (Fsp3) is 0.917. The van der Waals surface area contributed by atoms with Gasteiger partial charge in [-0.1, -0.05) is 0 Å². The number of nitrogens with zero attached hydrogens (tertiary/aromatic N) is 1. The zero-order valence-electron chi connectivity index (χ0n) is 10.3. The summed E-state index contributed by atoms with van der Waals surface area (Å²) in [5.74, 6) is 0. The average molecular weight is 225 g/mol. The van der Waals surface area contributed by atoms with Crippen molar-refractivity contribution in [2.45, 2.75) is 57.7 Å². The molecule has 1 atom stereocenters. The van der Waals surface area contributed by atoms with E-state index in [0.29, 0.717) is 12.1 Å². The van der Waals surface area contributed by atoms with Crippen LogP contribution in [-0.4, -0.2) is 42.1 Å². The molecule has 2 amide bonds. The Hall–Kier alpha value is -0.770. The van der Waals surface area contributed by atoms with E-state index in [1.807, 2.05) is 18.7 Å². The molecular weight excluding hydrogens is 202 g/mol. The molecule has 0 bridgehead atoms. The molecule has 2 fully saturated rings.